The van der Waals surface area contributed by atoms with Crippen LogP contribution in [0.5, 0.6) is 0 Å². The molecule has 23 heavy (non-hydrogen) atoms. The van der Waals surface area contributed by atoms with Gasteiger partial charge in [-0.15, -0.1) is 0 Å². The van der Waals surface area contributed by atoms with E-state index in [1.165, 1.54) is 51.6 Å². The number of nitrogens with one attached hydrogen (secondary N) is 1. The van der Waals surface area contributed by atoms with Crippen LogP contribution in [-0.2, 0) is 11.2 Å². The molecule has 4 heteroatoms. The van der Waals surface area contributed by atoms with Crippen molar-refractivity contribution in [1.82, 2.24) is 10.2 Å². The Morgan fingerprint density at radius 3 is 2.87 bits per heavy atom. The second kappa shape index (κ2) is 8.53. The van der Waals surface area contributed by atoms with Crippen LogP contribution in [0.25, 0.3) is 0 Å². The Morgan fingerprint density at radius 2 is 2.09 bits per heavy atom. The van der Waals surface area contributed by atoms with Gasteiger partial charge in [-0.05, 0) is 50.3 Å². The van der Waals surface area contributed by atoms with E-state index in [0.29, 0.717) is 18.9 Å². The van der Waals surface area contributed by atoms with Crippen LogP contribution in [0, 0.1) is 5.92 Å². The van der Waals surface area contributed by atoms with Gasteiger partial charge in [0.2, 0.25) is 5.91 Å². The van der Waals surface area contributed by atoms with Crippen molar-refractivity contribution in [3.63, 3.8) is 0 Å². The quantitative estimate of drug-likeness (QED) is 0.874. The molecule has 128 valence electrons. The van der Waals surface area contributed by atoms with E-state index in [2.05, 4.69) is 10.2 Å². The lowest BCUT2D eigenvalue weighted by Crippen LogP contribution is -2.49. The molecule has 0 radical (unpaired) electrons. The Kier molecular flexibility index (Phi) is 6.14. The molecule has 1 saturated heterocycles. The Labute approximate surface area is 139 Å². The van der Waals surface area contributed by atoms with Gasteiger partial charge < -0.3 is 14.6 Å². The van der Waals surface area contributed by atoms with E-state index >= 15 is 0 Å². The van der Waals surface area contributed by atoms with Crippen LogP contribution in [-0.4, -0.2) is 36.5 Å². The maximum Gasteiger partial charge on any atom is 0.220 e. The monoisotopic (exact) mass is 318 g/mol. The average molecular weight is 318 g/mol. The first-order valence-electron chi connectivity index (χ1n) is 9.33. The maximum absolute atomic E-state index is 12.1. The molecule has 1 N–H and O–H groups in total. The molecule has 0 aromatic carbocycles. The summed E-state index contributed by atoms with van der Waals surface area (Å²) in [4.78, 5) is 14.7. The van der Waals surface area contributed by atoms with Gasteiger partial charge in [0.05, 0.1) is 6.26 Å². The normalized spacial score (nSPS) is 23.7. The molecule has 1 amide bonds. The molecule has 2 aliphatic rings. The number of furan rings is 1. The molecular formula is C19H30N2O2. The second-order valence-corrected chi connectivity index (χ2v) is 7.25. The highest BCUT2D eigenvalue weighted by molar-refractivity contribution is 5.76. The van der Waals surface area contributed by atoms with Gasteiger partial charge in [0.15, 0.2) is 0 Å². The van der Waals surface area contributed by atoms with Gasteiger partial charge in [-0.1, -0.05) is 19.3 Å². The minimum absolute atomic E-state index is 0.158. The smallest absolute Gasteiger partial charge is 0.220 e. The molecule has 1 atom stereocenters. The first kappa shape index (κ1) is 16.6. The summed E-state index contributed by atoms with van der Waals surface area (Å²) in [6, 6.07) is 4.13. The van der Waals surface area contributed by atoms with Gasteiger partial charge in [0.25, 0.3) is 0 Å². The molecule has 1 saturated carbocycles. The summed E-state index contributed by atoms with van der Waals surface area (Å²) in [6.45, 7) is 3.47. The Hall–Kier alpha value is -1.29. The van der Waals surface area contributed by atoms with Crippen molar-refractivity contribution in [3.8, 4) is 0 Å². The molecule has 2 heterocycles. The topological polar surface area (TPSA) is 45.5 Å². The second-order valence-electron chi connectivity index (χ2n) is 7.25. The lowest BCUT2D eigenvalue weighted by molar-refractivity contribution is -0.122. The predicted molar refractivity (Wildman–Crippen MR) is 91.2 cm³/mol. The largest absolute Gasteiger partial charge is 0.469 e. The molecule has 3 rings (SSSR count). The number of hydrogen-bond acceptors (Lipinski definition) is 3. The lowest BCUT2D eigenvalue weighted by atomic mass is 9.88. The number of piperidine rings is 1. The average Bonchev–Trinajstić information content (AvgIpc) is 3.08. The van der Waals surface area contributed by atoms with Crippen molar-refractivity contribution >= 4 is 5.91 Å². The van der Waals surface area contributed by atoms with Gasteiger partial charge in [0, 0.05) is 32.0 Å². The van der Waals surface area contributed by atoms with Gasteiger partial charge >= 0.3 is 0 Å². The lowest BCUT2D eigenvalue weighted by Gasteiger charge is -2.36. The number of likely N-dealkylation sites (tertiary alicyclic amines) is 1. The highest BCUT2D eigenvalue weighted by Gasteiger charge is 2.24. The van der Waals surface area contributed by atoms with Crippen molar-refractivity contribution in [2.75, 3.05) is 19.6 Å². The zero-order chi connectivity index (χ0) is 15.9. The van der Waals surface area contributed by atoms with Crippen molar-refractivity contribution in [1.29, 1.82) is 0 Å². The zero-order valence-corrected chi connectivity index (χ0v) is 14.1. The third-order valence-corrected chi connectivity index (χ3v) is 5.29. The molecule has 0 bridgehead atoms. The SMILES string of the molecule is O=C(CCc1ccco1)N[C@H]1CCCN(CC2CCCCC2)C1. The van der Waals surface area contributed by atoms with Gasteiger partial charge in [-0.2, -0.15) is 0 Å². The van der Waals surface area contributed by atoms with E-state index < -0.39 is 0 Å². The molecule has 0 spiro atoms. The molecule has 1 aliphatic heterocycles. The van der Waals surface area contributed by atoms with Crippen LogP contribution in [0.4, 0.5) is 0 Å². The summed E-state index contributed by atoms with van der Waals surface area (Å²) in [5, 5.41) is 3.23. The van der Waals surface area contributed by atoms with Gasteiger partial charge in [-0.3, -0.25) is 4.79 Å². The zero-order valence-electron chi connectivity index (χ0n) is 14.1. The number of aryl methyl sites for hydroxylation is 1. The van der Waals surface area contributed by atoms with Crippen LogP contribution in [0.15, 0.2) is 22.8 Å². The summed E-state index contributed by atoms with van der Waals surface area (Å²) in [6.07, 6.45) is 12.2. The third kappa shape index (κ3) is 5.38. The number of carbonyl (C=O) groups excluding carboxylic acids is 1. The minimum atomic E-state index is 0.158. The predicted octanol–water partition coefficient (Wildman–Crippen LogP) is 3.37. The Balaban J connectivity index is 1.38. The first-order chi connectivity index (χ1) is 11.3. The highest BCUT2D eigenvalue weighted by Crippen LogP contribution is 2.25. The molecule has 1 aliphatic carbocycles. The number of amides is 1. The number of rotatable bonds is 6. The molecular weight excluding hydrogens is 288 g/mol. The standard InChI is InChI=1S/C19H30N2O2/c22-19(11-10-18-9-5-13-23-18)20-17-8-4-12-21(15-17)14-16-6-2-1-3-7-16/h5,9,13,16-17H,1-4,6-8,10-12,14-15H2,(H,20,22)/t17-/m0/s1. The maximum atomic E-state index is 12.1. The number of carbonyl (C=O) groups is 1. The van der Waals surface area contributed by atoms with Crippen molar-refractivity contribution < 1.29 is 9.21 Å². The first-order valence-corrected chi connectivity index (χ1v) is 9.33. The van der Waals surface area contributed by atoms with Gasteiger partial charge in [-0.25, -0.2) is 0 Å². The Bertz CT molecular complexity index is 466. The van der Waals surface area contributed by atoms with E-state index in [0.717, 1.165) is 24.6 Å². The van der Waals surface area contributed by atoms with Crippen molar-refractivity contribution in [2.45, 2.75) is 63.8 Å². The fraction of sp³-hybridized carbons (Fsp3) is 0.737. The molecule has 0 unspecified atom stereocenters. The van der Waals surface area contributed by atoms with E-state index in [4.69, 9.17) is 4.42 Å². The van der Waals surface area contributed by atoms with Crippen LogP contribution in [0.2, 0.25) is 0 Å². The minimum Gasteiger partial charge on any atom is -0.469 e. The van der Waals surface area contributed by atoms with E-state index in [1.807, 2.05) is 12.1 Å². The van der Waals surface area contributed by atoms with E-state index in [9.17, 15) is 4.79 Å². The fourth-order valence-electron chi connectivity index (χ4n) is 4.07. The van der Waals surface area contributed by atoms with Gasteiger partial charge in [0.1, 0.15) is 5.76 Å². The molecule has 1 aromatic heterocycles. The highest BCUT2D eigenvalue weighted by atomic mass is 16.3. The van der Waals surface area contributed by atoms with Crippen molar-refractivity contribution in [2.24, 2.45) is 5.92 Å². The summed E-state index contributed by atoms with van der Waals surface area (Å²) in [7, 11) is 0. The summed E-state index contributed by atoms with van der Waals surface area (Å²) in [5.41, 5.74) is 0. The Morgan fingerprint density at radius 1 is 1.22 bits per heavy atom. The van der Waals surface area contributed by atoms with E-state index in [1.54, 1.807) is 6.26 Å². The molecule has 2 fully saturated rings. The van der Waals surface area contributed by atoms with Crippen LogP contribution >= 0.6 is 0 Å². The van der Waals surface area contributed by atoms with Crippen LogP contribution < -0.4 is 5.32 Å². The number of hydrogen-bond donors (Lipinski definition) is 1. The van der Waals surface area contributed by atoms with Crippen molar-refractivity contribution in [3.05, 3.63) is 24.2 Å². The van der Waals surface area contributed by atoms with E-state index in [-0.39, 0.29) is 5.91 Å². The van der Waals surface area contributed by atoms with Crippen LogP contribution in [0.1, 0.15) is 57.1 Å². The molecule has 1 aromatic rings. The molecule has 4 nitrogen and oxygen atoms in total. The summed E-state index contributed by atoms with van der Waals surface area (Å²) >= 11 is 0. The number of nitrogens with zero attached hydrogens (tertiary/aromatic N) is 1. The fourth-order valence-corrected chi connectivity index (χ4v) is 4.07. The summed E-state index contributed by atoms with van der Waals surface area (Å²) in [5.74, 6) is 1.94. The van der Waals surface area contributed by atoms with Crippen LogP contribution in [0.3, 0.4) is 0 Å². The summed E-state index contributed by atoms with van der Waals surface area (Å²) < 4.78 is 5.29. The third-order valence-electron chi connectivity index (χ3n) is 5.29.